The Balaban J connectivity index is 2.51. The summed E-state index contributed by atoms with van der Waals surface area (Å²) in [6, 6.07) is 0. The largest absolute Gasteiger partial charge is 0.365 e. The lowest BCUT2D eigenvalue weighted by Crippen LogP contribution is -2.19. The van der Waals surface area contributed by atoms with Gasteiger partial charge in [-0.25, -0.2) is 0 Å². The van der Waals surface area contributed by atoms with Crippen LogP contribution in [0.1, 0.15) is 47.0 Å². The molecule has 2 N–H and O–H groups in total. The molecule has 0 aliphatic heterocycles. The van der Waals surface area contributed by atoms with Gasteiger partial charge in [-0.3, -0.25) is 0 Å². The van der Waals surface area contributed by atoms with Crippen molar-refractivity contribution < 1.29 is 10.2 Å². The predicted molar refractivity (Wildman–Crippen MR) is 53.1 cm³/mol. The van der Waals surface area contributed by atoms with Gasteiger partial charge in [0.1, 0.15) is 0 Å². The molecule has 0 saturated heterocycles. The molecule has 0 aromatic heterocycles. The van der Waals surface area contributed by atoms with Crippen LogP contribution in [-0.2, 0) is 0 Å². The van der Waals surface area contributed by atoms with Gasteiger partial charge in [0, 0.05) is 11.8 Å². The highest BCUT2D eigenvalue weighted by atomic mass is 16.5. The fraction of sp³-hybridized carbons (Fsp3) is 1.00. The van der Waals surface area contributed by atoms with Crippen molar-refractivity contribution >= 4 is 0 Å². The Morgan fingerprint density at radius 2 is 1.77 bits per heavy atom. The van der Waals surface area contributed by atoms with Crippen molar-refractivity contribution in [1.82, 2.24) is 0 Å². The maximum atomic E-state index is 9.67. The molecule has 1 aliphatic carbocycles. The average molecular weight is 186 g/mol. The third kappa shape index (κ3) is 2.05. The topological polar surface area (TPSA) is 40.5 Å². The molecule has 78 valence electrons. The molecule has 0 radical (unpaired) electrons. The Labute approximate surface area is 81.0 Å². The zero-order valence-corrected chi connectivity index (χ0v) is 9.17. The summed E-state index contributed by atoms with van der Waals surface area (Å²) in [6.07, 6.45) is 3.18. The molecule has 1 saturated carbocycles. The van der Waals surface area contributed by atoms with Gasteiger partial charge in [-0.1, -0.05) is 40.5 Å². The maximum absolute atomic E-state index is 9.67. The van der Waals surface area contributed by atoms with Gasteiger partial charge in [0.25, 0.3) is 0 Å². The maximum Gasteiger partial charge on any atom is 0.169 e. The van der Waals surface area contributed by atoms with E-state index in [1.807, 2.05) is 0 Å². The van der Waals surface area contributed by atoms with Crippen molar-refractivity contribution in [3.63, 3.8) is 0 Å². The molecule has 0 aromatic rings. The second-order valence-electron chi connectivity index (χ2n) is 5.38. The molecule has 0 aromatic carbocycles. The number of hydrogen-bond acceptors (Lipinski definition) is 2. The first-order valence-corrected chi connectivity index (χ1v) is 5.26. The molecule has 13 heavy (non-hydrogen) atoms. The van der Waals surface area contributed by atoms with Crippen LogP contribution in [0.4, 0.5) is 0 Å². The van der Waals surface area contributed by atoms with Crippen LogP contribution in [0.5, 0.6) is 0 Å². The lowest BCUT2D eigenvalue weighted by atomic mass is 9.88. The van der Waals surface area contributed by atoms with Gasteiger partial charge >= 0.3 is 0 Å². The minimum Gasteiger partial charge on any atom is -0.365 e. The van der Waals surface area contributed by atoms with Crippen LogP contribution in [0, 0.1) is 17.3 Å². The number of unbranched alkanes of at least 4 members (excludes halogenated alkanes) is 1. The van der Waals surface area contributed by atoms with Crippen LogP contribution in [0.3, 0.4) is 0 Å². The first kappa shape index (κ1) is 11.0. The highest BCUT2D eigenvalue weighted by Crippen LogP contribution is 2.59. The summed E-state index contributed by atoms with van der Waals surface area (Å²) in [6.45, 7) is 8.35. The average Bonchev–Trinajstić information content (AvgIpc) is 2.48. The third-order valence-electron chi connectivity index (χ3n) is 3.10. The van der Waals surface area contributed by atoms with E-state index in [2.05, 4.69) is 27.7 Å². The third-order valence-corrected chi connectivity index (χ3v) is 3.10. The summed E-state index contributed by atoms with van der Waals surface area (Å²) in [4.78, 5) is 0. The minimum absolute atomic E-state index is 0.0158. The van der Waals surface area contributed by atoms with Crippen LogP contribution in [0.15, 0.2) is 0 Å². The van der Waals surface area contributed by atoms with E-state index in [1.165, 1.54) is 0 Å². The SMILES string of the molecule is CCCCC1C(C(C)(C)C)C1(O)O. The van der Waals surface area contributed by atoms with Gasteiger partial charge < -0.3 is 10.2 Å². The Morgan fingerprint density at radius 1 is 1.23 bits per heavy atom. The molecular formula is C11H22O2. The summed E-state index contributed by atoms with van der Waals surface area (Å²) in [7, 11) is 0. The highest BCUT2D eigenvalue weighted by Gasteiger charge is 2.66. The molecule has 1 fully saturated rings. The highest BCUT2D eigenvalue weighted by molar-refractivity contribution is 5.08. The monoisotopic (exact) mass is 186 g/mol. The van der Waals surface area contributed by atoms with Crippen LogP contribution in [-0.4, -0.2) is 16.0 Å². The van der Waals surface area contributed by atoms with Gasteiger partial charge in [-0.2, -0.15) is 0 Å². The van der Waals surface area contributed by atoms with Gasteiger partial charge in [0.05, 0.1) is 0 Å². The lowest BCUT2D eigenvalue weighted by molar-refractivity contribution is -0.104. The van der Waals surface area contributed by atoms with E-state index in [0.717, 1.165) is 19.3 Å². The lowest BCUT2D eigenvalue weighted by Gasteiger charge is -2.18. The fourth-order valence-electron chi connectivity index (χ4n) is 2.47. The molecule has 2 atom stereocenters. The van der Waals surface area contributed by atoms with Crippen molar-refractivity contribution in [2.24, 2.45) is 17.3 Å². The zero-order valence-electron chi connectivity index (χ0n) is 9.17. The molecule has 1 rings (SSSR count). The number of rotatable bonds is 3. The fourth-order valence-corrected chi connectivity index (χ4v) is 2.47. The first-order valence-electron chi connectivity index (χ1n) is 5.26. The summed E-state index contributed by atoms with van der Waals surface area (Å²) < 4.78 is 0. The predicted octanol–water partition coefficient (Wildman–Crippen LogP) is 2.15. The molecule has 2 unspecified atom stereocenters. The van der Waals surface area contributed by atoms with Crippen molar-refractivity contribution in [1.29, 1.82) is 0 Å². The second kappa shape index (κ2) is 3.25. The molecule has 0 heterocycles. The summed E-state index contributed by atoms with van der Waals surface area (Å²) >= 11 is 0. The van der Waals surface area contributed by atoms with Crippen LogP contribution >= 0.6 is 0 Å². The van der Waals surface area contributed by atoms with Crippen molar-refractivity contribution in [2.45, 2.75) is 52.7 Å². The van der Waals surface area contributed by atoms with Gasteiger partial charge in [0.2, 0.25) is 0 Å². The zero-order chi connectivity index (χ0) is 10.3. The van der Waals surface area contributed by atoms with Crippen LogP contribution in [0.25, 0.3) is 0 Å². The van der Waals surface area contributed by atoms with Gasteiger partial charge in [0.15, 0.2) is 5.79 Å². The van der Waals surface area contributed by atoms with Gasteiger partial charge in [-0.05, 0) is 11.8 Å². The van der Waals surface area contributed by atoms with E-state index in [-0.39, 0.29) is 17.3 Å². The van der Waals surface area contributed by atoms with Crippen molar-refractivity contribution in [3.05, 3.63) is 0 Å². The molecule has 2 nitrogen and oxygen atoms in total. The summed E-state index contributed by atoms with van der Waals surface area (Å²) in [5.74, 6) is -1.22. The minimum atomic E-state index is -1.38. The Hall–Kier alpha value is -0.0800. The molecular weight excluding hydrogens is 164 g/mol. The molecule has 0 amide bonds. The second-order valence-corrected chi connectivity index (χ2v) is 5.38. The molecule has 0 spiro atoms. The molecule has 1 aliphatic rings. The molecule has 2 heteroatoms. The molecule has 0 bridgehead atoms. The summed E-state index contributed by atoms with van der Waals surface area (Å²) in [5.41, 5.74) is 0.0158. The van der Waals surface area contributed by atoms with E-state index in [4.69, 9.17) is 0 Å². The van der Waals surface area contributed by atoms with E-state index in [9.17, 15) is 10.2 Å². The van der Waals surface area contributed by atoms with Crippen molar-refractivity contribution in [3.8, 4) is 0 Å². The Kier molecular flexibility index (Phi) is 2.75. The Bertz CT molecular complexity index is 179. The van der Waals surface area contributed by atoms with Gasteiger partial charge in [-0.15, -0.1) is 0 Å². The Morgan fingerprint density at radius 3 is 2.08 bits per heavy atom. The number of hydrogen-bond donors (Lipinski definition) is 2. The smallest absolute Gasteiger partial charge is 0.169 e. The van der Waals surface area contributed by atoms with Crippen LogP contribution in [0.2, 0.25) is 0 Å². The van der Waals surface area contributed by atoms with E-state index in [0.29, 0.717) is 0 Å². The van der Waals surface area contributed by atoms with E-state index >= 15 is 0 Å². The normalized spacial score (nSPS) is 31.8. The first-order chi connectivity index (χ1) is 5.81. The standard InChI is InChI=1S/C11H22O2/c1-5-6-7-8-9(10(2,3)4)11(8,12)13/h8-9,12-13H,5-7H2,1-4H3. The summed E-state index contributed by atoms with van der Waals surface area (Å²) in [5, 5.41) is 19.3. The van der Waals surface area contributed by atoms with Crippen molar-refractivity contribution in [2.75, 3.05) is 0 Å². The quantitative estimate of drug-likeness (QED) is 0.663. The van der Waals surface area contributed by atoms with E-state index in [1.54, 1.807) is 0 Å². The number of aliphatic hydroxyl groups is 2. The van der Waals surface area contributed by atoms with E-state index < -0.39 is 5.79 Å². The van der Waals surface area contributed by atoms with Crippen LogP contribution < -0.4 is 0 Å².